The minimum absolute atomic E-state index is 0.0733. The van der Waals surface area contributed by atoms with Crippen LogP contribution in [0, 0.1) is 6.92 Å². The lowest BCUT2D eigenvalue weighted by molar-refractivity contribution is -0.119. The summed E-state index contributed by atoms with van der Waals surface area (Å²) in [6.45, 7) is 3.24. The van der Waals surface area contributed by atoms with Crippen molar-refractivity contribution >= 4 is 15.9 Å². The van der Waals surface area contributed by atoms with Gasteiger partial charge in [-0.15, -0.1) is 0 Å². The molecule has 1 heterocycles. The lowest BCUT2D eigenvalue weighted by Crippen LogP contribution is -2.27. The van der Waals surface area contributed by atoms with E-state index in [1.807, 2.05) is 6.07 Å². The van der Waals surface area contributed by atoms with Crippen LogP contribution in [0.5, 0.6) is 0 Å². The molecule has 1 atom stereocenters. The number of hydrogen-bond acceptors (Lipinski definition) is 6. The number of carbonyl (C=O) groups excluding carboxylic acids is 1. The zero-order valence-corrected chi connectivity index (χ0v) is 15.1. The van der Waals surface area contributed by atoms with E-state index in [0.29, 0.717) is 11.4 Å². The van der Waals surface area contributed by atoms with E-state index >= 15 is 0 Å². The van der Waals surface area contributed by atoms with Gasteiger partial charge in [0.25, 0.3) is 0 Å². The predicted molar refractivity (Wildman–Crippen MR) is 89.0 cm³/mol. The minimum atomic E-state index is -3.69. The van der Waals surface area contributed by atoms with Gasteiger partial charge in [0.2, 0.25) is 15.9 Å². The largest absolute Gasteiger partial charge is 0.350 e. The van der Waals surface area contributed by atoms with E-state index < -0.39 is 10.0 Å². The van der Waals surface area contributed by atoms with Gasteiger partial charge in [-0.3, -0.25) is 4.79 Å². The molecule has 1 amide bonds. The highest BCUT2D eigenvalue weighted by atomic mass is 32.2. The maximum absolute atomic E-state index is 12.9. The summed E-state index contributed by atoms with van der Waals surface area (Å²) in [5.41, 5.74) is 2.96. The van der Waals surface area contributed by atoms with Gasteiger partial charge in [-0.2, -0.15) is 4.31 Å². The van der Waals surface area contributed by atoms with Gasteiger partial charge in [-0.05, 0) is 43.0 Å². The van der Waals surface area contributed by atoms with E-state index in [9.17, 15) is 13.2 Å². The van der Waals surface area contributed by atoms with Crippen LogP contribution in [0.15, 0.2) is 27.7 Å². The first-order chi connectivity index (χ1) is 11.8. The van der Waals surface area contributed by atoms with Crippen LogP contribution < -0.4 is 5.32 Å². The second kappa shape index (κ2) is 6.57. The van der Waals surface area contributed by atoms with E-state index in [1.165, 1.54) is 18.3 Å². The molecule has 0 bridgehead atoms. The topological polar surface area (TPSA) is 105 Å². The predicted octanol–water partition coefficient (Wildman–Crippen LogP) is 1.32. The van der Waals surface area contributed by atoms with Crippen LogP contribution in [0.3, 0.4) is 0 Å². The molecule has 134 valence electrons. The van der Waals surface area contributed by atoms with Gasteiger partial charge in [0.15, 0.2) is 0 Å². The normalized spacial score (nSPS) is 16.9. The van der Waals surface area contributed by atoms with Crippen molar-refractivity contribution in [2.45, 2.75) is 44.2 Å². The Labute approximate surface area is 146 Å². The second-order valence-electron chi connectivity index (χ2n) is 6.21. The van der Waals surface area contributed by atoms with Gasteiger partial charge in [-0.25, -0.2) is 13.0 Å². The Hall–Kier alpha value is -2.26. The highest BCUT2D eigenvalue weighted by Gasteiger charge is 2.28. The molecule has 0 radical (unpaired) electrons. The van der Waals surface area contributed by atoms with Gasteiger partial charge in [-0.1, -0.05) is 16.4 Å². The number of nitrogens with one attached hydrogen (secondary N) is 1. The van der Waals surface area contributed by atoms with E-state index in [-0.39, 0.29) is 23.4 Å². The Morgan fingerprint density at radius 1 is 1.40 bits per heavy atom. The Morgan fingerprint density at radius 2 is 2.16 bits per heavy atom. The van der Waals surface area contributed by atoms with Crippen LogP contribution >= 0.6 is 0 Å². The fourth-order valence-corrected chi connectivity index (χ4v) is 4.17. The number of rotatable bonds is 5. The minimum Gasteiger partial charge on any atom is -0.350 e. The van der Waals surface area contributed by atoms with Crippen molar-refractivity contribution in [1.82, 2.24) is 19.9 Å². The molecule has 0 fully saturated rings. The molecule has 0 saturated heterocycles. The summed E-state index contributed by atoms with van der Waals surface area (Å²) in [6.07, 6.45) is 1.60. The van der Waals surface area contributed by atoms with Crippen molar-refractivity contribution in [3.63, 3.8) is 0 Å². The van der Waals surface area contributed by atoms with Crippen molar-refractivity contribution < 1.29 is 17.8 Å². The Balaban J connectivity index is 1.88. The number of hydrogen-bond donors (Lipinski definition) is 1. The second-order valence-corrected chi connectivity index (χ2v) is 8.25. The summed E-state index contributed by atoms with van der Waals surface area (Å²) >= 11 is 0. The lowest BCUT2D eigenvalue weighted by atomic mass is 10.1. The molecule has 8 nitrogen and oxygen atoms in total. The number of aromatic nitrogens is 2. The molecule has 1 aliphatic rings. The summed E-state index contributed by atoms with van der Waals surface area (Å²) in [5.74, 6) is -0.128. The molecule has 0 aliphatic heterocycles. The van der Waals surface area contributed by atoms with Crippen LogP contribution in [0.1, 0.15) is 41.9 Å². The van der Waals surface area contributed by atoms with Gasteiger partial charge in [0.1, 0.15) is 11.4 Å². The SMILES string of the molecule is CC(=O)N[C@H]1CCc2ccc(S(=O)(=O)N(C)Cc3nonc3C)cc21. The highest BCUT2D eigenvalue weighted by molar-refractivity contribution is 7.89. The quantitative estimate of drug-likeness (QED) is 0.858. The average molecular weight is 364 g/mol. The molecule has 1 N–H and O–H groups in total. The molecule has 3 rings (SSSR count). The van der Waals surface area contributed by atoms with E-state index in [1.54, 1.807) is 19.1 Å². The van der Waals surface area contributed by atoms with Crippen molar-refractivity contribution in [1.29, 1.82) is 0 Å². The Kier molecular flexibility index (Phi) is 4.61. The molecule has 0 saturated carbocycles. The fraction of sp³-hybridized carbons (Fsp3) is 0.438. The van der Waals surface area contributed by atoms with Crippen LogP contribution in [0.2, 0.25) is 0 Å². The van der Waals surface area contributed by atoms with Crippen molar-refractivity contribution in [3.05, 3.63) is 40.7 Å². The molecule has 0 spiro atoms. The lowest BCUT2D eigenvalue weighted by Gasteiger charge is -2.18. The van der Waals surface area contributed by atoms with E-state index in [4.69, 9.17) is 0 Å². The average Bonchev–Trinajstić information content (AvgIpc) is 3.13. The van der Waals surface area contributed by atoms with Gasteiger partial charge < -0.3 is 5.32 Å². The maximum Gasteiger partial charge on any atom is 0.243 e. The van der Waals surface area contributed by atoms with Gasteiger partial charge in [0.05, 0.1) is 17.5 Å². The van der Waals surface area contributed by atoms with Crippen LogP contribution in [0.25, 0.3) is 0 Å². The molecular formula is C16H20N4O4S. The molecule has 9 heteroatoms. The number of amides is 1. The maximum atomic E-state index is 12.9. The molecule has 1 aliphatic carbocycles. The third-order valence-corrected chi connectivity index (χ3v) is 6.20. The summed E-state index contributed by atoms with van der Waals surface area (Å²) < 4.78 is 31.5. The molecule has 25 heavy (non-hydrogen) atoms. The molecule has 1 aromatic heterocycles. The van der Waals surface area contributed by atoms with Gasteiger partial charge in [0, 0.05) is 14.0 Å². The first kappa shape index (κ1) is 17.6. The summed E-state index contributed by atoms with van der Waals surface area (Å²) in [6, 6.07) is 4.94. The van der Waals surface area contributed by atoms with Crippen molar-refractivity contribution in [3.8, 4) is 0 Å². The summed E-state index contributed by atoms with van der Waals surface area (Å²) in [7, 11) is -2.21. The summed E-state index contributed by atoms with van der Waals surface area (Å²) in [4.78, 5) is 11.5. The van der Waals surface area contributed by atoms with Crippen molar-refractivity contribution in [2.75, 3.05) is 7.05 Å². The first-order valence-corrected chi connectivity index (χ1v) is 9.37. The molecule has 2 aromatic rings. The summed E-state index contributed by atoms with van der Waals surface area (Å²) in [5, 5.41) is 10.3. The number of fused-ring (bicyclic) bond motifs is 1. The first-order valence-electron chi connectivity index (χ1n) is 7.93. The van der Waals surface area contributed by atoms with Crippen LogP contribution in [0.4, 0.5) is 0 Å². The van der Waals surface area contributed by atoms with Crippen LogP contribution in [-0.2, 0) is 27.8 Å². The number of benzene rings is 1. The number of nitrogens with zero attached hydrogens (tertiary/aromatic N) is 3. The third kappa shape index (κ3) is 3.42. The number of carbonyl (C=O) groups is 1. The zero-order chi connectivity index (χ0) is 18.2. The third-order valence-electron chi connectivity index (χ3n) is 4.40. The van der Waals surface area contributed by atoms with E-state index in [2.05, 4.69) is 20.3 Å². The molecule has 1 aromatic carbocycles. The smallest absolute Gasteiger partial charge is 0.243 e. The Bertz CT molecular complexity index is 907. The van der Waals surface area contributed by atoms with Crippen molar-refractivity contribution in [2.24, 2.45) is 0 Å². The zero-order valence-electron chi connectivity index (χ0n) is 14.3. The molecule has 0 unspecified atom stereocenters. The van der Waals surface area contributed by atoms with E-state index in [0.717, 1.165) is 24.0 Å². The standard InChI is InChI=1S/C16H20N4O4S/c1-10-16(19-24-18-10)9-20(3)25(22,23)13-6-4-12-5-7-15(14(12)8-13)17-11(2)21/h4,6,8,15H,5,7,9H2,1-3H3,(H,17,21)/t15-/m0/s1. The fourth-order valence-electron chi connectivity index (χ4n) is 3.00. The number of aryl methyl sites for hydroxylation is 2. The number of sulfonamides is 1. The molecular weight excluding hydrogens is 344 g/mol. The van der Waals surface area contributed by atoms with Gasteiger partial charge >= 0.3 is 0 Å². The Morgan fingerprint density at radius 3 is 2.80 bits per heavy atom. The van der Waals surface area contributed by atoms with Crippen LogP contribution in [-0.4, -0.2) is 36.0 Å². The highest BCUT2D eigenvalue weighted by Crippen LogP contribution is 2.33. The monoisotopic (exact) mass is 364 g/mol.